The standard InChI is InChI=1S/C77H139N3O32/c1-4-6-8-10-12-14-16-18-19-20-21-22-23-25-27-29-31-33-35-37-55(91)79-47(48(88)36-34-32-30-28-26-24-17-15-13-11-9-7-5-2)45-103-73-64(98)62(96)68(53(42-84)106-73)109-74-65(99)63(97)67(54(43-85)107-74)108-72-58(78-46(3)87)69(60(94)51(40-82)104-72)110-75-66(100)71(61(95)52(41-83)105-75)112-77(76(101)102)38-49(89)57(80-56(92)44-86)70(111-77)59(93)50(90)39-81/h34,36,47-54,57-75,81-86,88-90,93-100H,4-33,35,37-45H2,1-3H3,(H,78,87)(H,79,91)(H,80,92)(H,101,102)/b36-34+/t47-,48+,49?,50+,51?,52?,53?,54?,57+,58?,59+,60-,61-,62+,63+,64?,65?,66?,67-,68+,69+,70?,71-,72-,73+,74-,75-,77-/m0/s1. The SMILES string of the molecule is CCCCCCCCCCCCC/C=C/[C@@H](O)[C@H](CO[C@@H]1OC(CO)[C@@H](O[C@@H]2OC(CO)[C@H](O[C@@H]3OC(CO)[C@H](O)[C@H](O[C@@H]4OC(CO)[C@H](O)[C@H](O[C@]5(C(=O)O)CC(O)[C@@H](NC(=O)CO)C([C@H](O)[C@H](O)CO)O5)C4O)C3NC(C)=O)[C@H](O)C2O)[C@H](O)C1O)NC(=O)CCCCCCCCCCCCCCCCCCCCC. The lowest BCUT2D eigenvalue weighted by molar-refractivity contribution is -0.389. The van der Waals surface area contributed by atoms with Gasteiger partial charge in [-0.1, -0.05) is 206 Å². The van der Waals surface area contributed by atoms with E-state index in [0.29, 0.717) is 12.8 Å². The molecule has 0 aliphatic carbocycles. The van der Waals surface area contributed by atoms with Crippen LogP contribution >= 0.6 is 0 Å². The quantitative estimate of drug-likeness (QED) is 0.0269. The molecular weight excluding hydrogens is 1480 g/mol. The van der Waals surface area contributed by atoms with Crippen LogP contribution in [0.25, 0.3) is 0 Å². The van der Waals surface area contributed by atoms with Crippen molar-refractivity contribution in [3.05, 3.63) is 12.2 Å². The van der Waals surface area contributed by atoms with Crippen molar-refractivity contribution in [3.63, 3.8) is 0 Å². The van der Waals surface area contributed by atoms with Gasteiger partial charge in [-0.15, -0.1) is 0 Å². The molecule has 28 atom stereocenters. The normalized spacial score (nSPS) is 33.6. The van der Waals surface area contributed by atoms with Gasteiger partial charge in [0.25, 0.3) is 5.79 Å². The molecule has 0 aromatic rings. The molecule has 654 valence electrons. The van der Waals surface area contributed by atoms with E-state index < -0.39 is 242 Å². The molecule has 5 heterocycles. The van der Waals surface area contributed by atoms with Crippen molar-refractivity contribution in [2.24, 2.45) is 0 Å². The van der Waals surface area contributed by atoms with E-state index in [0.717, 1.165) is 58.3 Å². The Balaban J connectivity index is 1.22. The van der Waals surface area contributed by atoms with Crippen LogP contribution in [0.5, 0.6) is 0 Å². The van der Waals surface area contributed by atoms with Crippen molar-refractivity contribution < 1.29 is 158 Å². The van der Waals surface area contributed by atoms with E-state index in [9.17, 15) is 111 Å². The van der Waals surface area contributed by atoms with E-state index in [1.165, 1.54) is 135 Å². The van der Waals surface area contributed by atoms with Crippen molar-refractivity contribution in [2.75, 3.05) is 46.2 Å². The van der Waals surface area contributed by atoms with Crippen LogP contribution in [0.3, 0.4) is 0 Å². The molecule has 0 radical (unpaired) electrons. The molecule has 5 aliphatic heterocycles. The van der Waals surface area contributed by atoms with E-state index in [-0.39, 0.29) is 12.3 Å². The summed E-state index contributed by atoms with van der Waals surface area (Å²) < 4.78 is 58.8. The van der Waals surface area contributed by atoms with Crippen molar-refractivity contribution >= 4 is 23.7 Å². The first-order valence-corrected chi connectivity index (χ1v) is 41.3. The van der Waals surface area contributed by atoms with Gasteiger partial charge in [-0.2, -0.15) is 0 Å². The smallest absolute Gasteiger partial charge is 0.364 e. The third-order valence-electron chi connectivity index (χ3n) is 21.7. The minimum atomic E-state index is -3.27. The Kier molecular flexibility index (Phi) is 47.7. The highest BCUT2D eigenvalue weighted by molar-refractivity contribution is 5.78. The summed E-state index contributed by atoms with van der Waals surface area (Å²) in [4.78, 5) is 52.0. The number of hydrogen-bond acceptors (Lipinski definition) is 31. The van der Waals surface area contributed by atoms with Crippen LogP contribution in [0.4, 0.5) is 0 Å². The van der Waals surface area contributed by atoms with E-state index in [1.54, 1.807) is 6.08 Å². The minimum absolute atomic E-state index is 0.174. The lowest BCUT2D eigenvalue weighted by Gasteiger charge is -2.51. The second-order valence-electron chi connectivity index (χ2n) is 30.7. The van der Waals surface area contributed by atoms with Gasteiger partial charge in [0.2, 0.25) is 17.7 Å². The average Bonchev–Trinajstić information content (AvgIpc) is 0.757. The highest BCUT2D eigenvalue weighted by Crippen LogP contribution is 2.40. The molecule has 112 heavy (non-hydrogen) atoms. The van der Waals surface area contributed by atoms with Crippen LogP contribution in [-0.4, -0.2) is 333 Å². The number of ether oxygens (including phenoxy) is 10. The Hall–Kier alpha value is -3.46. The van der Waals surface area contributed by atoms with E-state index >= 15 is 0 Å². The van der Waals surface area contributed by atoms with Gasteiger partial charge in [0.1, 0.15) is 123 Å². The van der Waals surface area contributed by atoms with Crippen molar-refractivity contribution in [3.8, 4) is 0 Å². The van der Waals surface area contributed by atoms with Gasteiger partial charge < -0.3 is 155 Å². The van der Waals surface area contributed by atoms with Gasteiger partial charge in [-0.3, -0.25) is 14.4 Å². The molecule has 35 nitrogen and oxygen atoms in total. The molecule has 0 aromatic carbocycles. The Morgan fingerprint density at radius 2 is 0.893 bits per heavy atom. The van der Waals surface area contributed by atoms with Gasteiger partial charge in [0.05, 0.1) is 63.9 Å². The zero-order valence-electron chi connectivity index (χ0n) is 65.8. The minimum Gasteiger partial charge on any atom is -0.477 e. The van der Waals surface area contributed by atoms with E-state index in [4.69, 9.17) is 47.4 Å². The predicted octanol–water partition coefficient (Wildman–Crippen LogP) is -0.510. The highest BCUT2D eigenvalue weighted by atomic mass is 16.8. The number of nitrogens with one attached hydrogen (secondary N) is 3. The van der Waals surface area contributed by atoms with Gasteiger partial charge in [-0.25, -0.2) is 4.79 Å². The average molecular weight is 1620 g/mol. The summed E-state index contributed by atoms with van der Waals surface area (Å²) in [5.41, 5.74) is 0. The molecule has 0 spiro atoms. The number of hydrogen-bond donors (Lipinski definition) is 21. The summed E-state index contributed by atoms with van der Waals surface area (Å²) >= 11 is 0. The molecule has 0 aromatic heterocycles. The summed E-state index contributed by atoms with van der Waals surface area (Å²) in [7, 11) is 0. The van der Waals surface area contributed by atoms with E-state index in [2.05, 4.69) is 29.8 Å². The molecule has 10 unspecified atom stereocenters. The first-order valence-electron chi connectivity index (χ1n) is 41.3. The molecule has 35 heteroatoms. The summed E-state index contributed by atoms with van der Waals surface area (Å²) in [6.45, 7) is -1.64. The predicted molar refractivity (Wildman–Crippen MR) is 398 cm³/mol. The van der Waals surface area contributed by atoms with Crippen LogP contribution < -0.4 is 16.0 Å². The lowest BCUT2D eigenvalue weighted by atomic mass is 9.88. The van der Waals surface area contributed by atoms with Gasteiger partial charge in [0.15, 0.2) is 25.2 Å². The number of aliphatic hydroxyl groups excluding tert-OH is 17. The zero-order chi connectivity index (χ0) is 82.3. The highest BCUT2D eigenvalue weighted by Gasteiger charge is 2.61. The maximum absolute atomic E-state index is 13.5. The lowest BCUT2D eigenvalue weighted by Crippen LogP contribution is -2.71. The molecule has 21 N–H and O–H groups in total. The monoisotopic (exact) mass is 1620 g/mol. The Morgan fingerprint density at radius 3 is 1.36 bits per heavy atom. The van der Waals surface area contributed by atoms with Crippen LogP contribution in [-0.2, 0) is 66.5 Å². The molecule has 5 fully saturated rings. The van der Waals surface area contributed by atoms with Crippen LogP contribution in [0.15, 0.2) is 12.2 Å². The second kappa shape index (κ2) is 53.9. The topological polar surface area (TPSA) is 561 Å². The molecule has 5 rings (SSSR count). The number of unbranched alkanes of at least 4 members (excludes halogenated alkanes) is 29. The fraction of sp³-hybridized carbons (Fsp3) is 0.922. The summed E-state index contributed by atoms with van der Waals surface area (Å²) in [6.07, 6.45) is -9.85. The first-order chi connectivity index (χ1) is 53.8. The fourth-order valence-corrected chi connectivity index (χ4v) is 15.0. The third-order valence-corrected chi connectivity index (χ3v) is 21.7. The molecule has 5 aliphatic rings. The van der Waals surface area contributed by atoms with Gasteiger partial charge >= 0.3 is 5.97 Å². The number of aliphatic carboxylic acids is 1. The number of aliphatic hydroxyl groups is 17. The third kappa shape index (κ3) is 31.4. The van der Waals surface area contributed by atoms with Crippen molar-refractivity contribution in [2.45, 2.75) is 404 Å². The zero-order valence-corrected chi connectivity index (χ0v) is 65.8. The maximum atomic E-state index is 13.5. The number of allylic oxidation sites excluding steroid dienone is 1. The summed E-state index contributed by atoms with van der Waals surface area (Å²) in [6, 6.07) is -4.77. The van der Waals surface area contributed by atoms with Crippen LogP contribution in [0, 0.1) is 0 Å². The van der Waals surface area contributed by atoms with Crippen LogP contribution in [0.2, 0.25) is 0 Å². The van der Waals surface area contributed by atoms with Crippen molar-refractivity contribution in [1.29, 1.82) is 0 Å². The fourth-order valence-electron chi connectivity index (χ4n) is 15.0. The number of carbonyl (C=O) groups excluding carboxylic acids is 3. The molecular formula is C77H139N3O32. The maximum Gasteiger partial charge on any atom is 0.364 e. The Bertz CT molecular complexity index is 2590. The summed E-state index contributed by atoms with van der Waals surface area (Å²) in [5, 5.41) is 206. The molecule has 3 amide bonds. The number of amides is 3. The largest absolute Gasteiger partial charge is 0.477 e. The van der Waals surface area contributed by atoms with E-state index in [1.807, 2.05) is 6.08 Å². The van der Waals surface area contributed by atoms with Gasteiger partial charge in [0, 0.05) is 19.8 Å². The number of carboxylic acid groups (broad SMARTS) is 1. The van der Waals surface area contributed by atoms with Crippen molar-refractivity contribution in [1.82, 2.24) is 16.0 Å². The molecule has 0 saturated carbocycles. The first kappa shape index (κ1) is 99.1. The number of carbonyl (C=O) groups is 4. The second-order valence-corrected chi connectivity index (χ2v) is 30.7. The van der Waals surface area contributed by atoms with Gasteiger partial charge in [-0.05, 0) is 19.3 Å². The Morgan fingerprint density at radius 1 is 0.473 bits per heavy atom. The number of carboxylic acids is 1. The molecule has 0 bridgehead atoms. The number of rotatable bonds is 57. The van der Waals surface area contributed by atoms with Crippen LogP contribution in [0.1, 0.15) is 233 Å². The molecule has 5 saturated heterocycles. The Labute approximate surface area is 657 Å². The summed E-state index contributed by atoms with van der Waals surface area (Å²) in [5.74, 6) is -7.83.